The largest absolute Gasteiger partial charge is 0.340 e. The first-order chi connectivity index (χ1) is 13.5. The van der Waals surface area contributed by atoms with Crippen molar-refractivity contribution in [2.24, 2.45) is 0 Å². The summed E-state index contributed by atoms with van der Waals surface area (Å²) in [5.41, 5.74) is 3.95. The molecular weight excluding hydrogens is 374 g/mol. The predicted octanol–water partition coefficient (Wildman–Crippen LogP) is 3.72. The molecule has 4 rings (SSSR count). The van der Waals surface area contributed by atoms with Crippen molar-refractivity contribution in [1.82, 2.24) is 10.3 Å². The van der Waals surface area contributed by atoms with Gasteiger partial charge in [0.05, 0.1) is 16.3 Å². The third-order valence-electron chi connectivity index (χ3n) is 4.92. The van der Waals surface area contributed by atoms with E-state index >= 15 is 0 Å². The van der Waals surface area contributed by atoms with Crippen molar-refractivity contribution in [1.29, 1.82) is 0 Å². The van der Waals surface area contributed by atoms with Gasteiger partial charge in [0, 0.05) is 25.9 Å². The van der Waals surface area contributed by atoms with Crippen molar-refractivity contribution in [2.45, 2.75) is 12.5 Å². The Bertz CT molecular complexity index is 1040. The summed E-state index contributed by atoms with van der Waals surface area (Å²) in [7, 11) is 1.66. The topological polar surface area (TPSA) is 62.3 Å². The Morgan fingerprint density at radius 1 is 1.00 bits per heavy atom. The maximum atomic E-state index is 12.9. The molecule has 2 heterocycles. The number of nitrogens with zero attached hydrogens (tertiary/aromatic N) is 2. The number of fused-ring (bicyclic) bond motifs is 1. The van der Waals surface area contributed by atoms with Crippen LogP contribution in [0.15, 0.2) is 67.0 Å². The molecule has 0 radical (unpaired) electrons. The van der Waals surface area contributed by atoms with Crippen LogP contribution in [0.25, 0.3) is 11.1 Å². The van der Waals surface area contributed by atoms with Gasteiger partial charge in [-0.25, -0.2) is 0 Å². The number of carbonyl (C=O) groups is 2. The fraction of sp³-hybridized carbons (Fsp3) is 0.136. The lowest BCUT2D eigenvalue weighted by molar-refractivity contribution is -0.120. The Labute approximate surface area is 168 Å². The zero-order valence-corrected chi connectivity index (χ0v) is 16.0. The molecule has 6 heteroatoms. The fourth-order valence-corrected chi connectivity index (χ4v) is 3.67. The van der Waals surface area contributed by atoms with Gasteiger partial charge in [0.1, 0.15) is 6.04 Å². The molecule has 140 valence electrons. The van der Waals surface area contributed by atoms with Crippen LogP contribution >= 0.6 is 11.6 Å². The average molecular weight is 392 g/mol. The number of carbonyl (C=O) groups excluding carboxylic acids is 2. The smallest absolute Gasteiger partial charge is 0.255 e. The number of anilines is 1. The van der Waals surface area contributed by atoms with Crippen molar-refractivity contribution >= 4 is 29.1 Å². The summed E-state index contributed by atoms with van der Waals surface area (Å²) in [5, 5.41) is 3.16. The van der Waals surface area contributed by atoms with E-state index in [0.29, 0.717) is 22.7 Å². The Hall–Kier alpha value is -3.18. The number of nitrogens with one attached hydrogen (secondary N) is 1. The highest BCUT2D eigenvalue weighted by Crippen LogP contribution is 2.30. The zero-order valence-electron chi connectivity index (χ0n) is 15.2. The summed E-state index contributed by atoms with van der Waals surface area (Å²) in [4.78, 5) is 31.1. The van der Waals surface area contributed by atoms with Gasteiger partial charge in [-0.05, 0) is 41.0 Å². The molecule has 0 saturated heterocycles. The van der Waals surface area contributed by atoms with Gasteiger partial charge in [0.25, 0.3) is 5.91 Å². The standard InChI is InChI=1S/C22H18ClN3O2/c1-26-19-4-2-3-17(23)20(19)21(27)25-18(22(26)28)13-14-5-7-15(8-6-14)16-9-11-24-12-10-16/h2-12,18H,13H2,1H3,(H,25,27)/t18-/m1/s1. The number of benzene rings is 2. The van der Waals surface area contributed by atoms with Crippen molar-refractivity contribution in [3.8, 4) is 11.1 Å². The minimum absolute atomic E-state index is 0.174. The van der Waals surface area contributed by atoms with Crippen LogP contribution in [0.3, 0.4) is 0 Å². The second kappa shape index (κ2) is 7.44. The third-order valence-corrected chi connectivity index (χ3v) is 5.24. The van der Waals surface area contributed by atoms with Gasteiger partial charge in [-0.3, -0.25) is 14.6 Å². The van der Waals surface area contributed by atoms with Crippen molar-refractivity contribution in [3.05, 3.63) is 83.1 Å². The van der Waals surface area contributed by atoms with E-state index in [1.807, 2.05) is 36.4 Å². The molecule has 1 N–H and O–H groups in total. The molecule has 28 heavy (non-hydrogen) atoms. The van der Waals surface area contributed by atoms with Crippen LogP contribution in [0.5, 0.6) is 0 Å². The Morgan fingerprint density at radius 3 is 2.39 bits per heavy atom. The molecule has 1 aliphatic heterocycles. The van der Waals surface area contributed by atoms with Crippen LogP contribution in [-0.2, 0) is 11.2 Å². The highest BCUT2D eigenvalue weighted by molar-refractivity contribution is 6.35. The second-order valence-electron chi connectivity index (χ2n) is 6.69. The van der Waals surface area contributed by atoms with E-state index < -0.39 is 6.04 Å². The molecule has 1 aromatic heterocycles. The summed E-state index contributed by atoms with van der Waals surface area (Å²) in [6.45, 7) is 0. The van der Waals surface area contributed by atoms with E-state index in [1.54, 1.807) is 37.6 Å². The number of halogens is 1. The van der Waals surface area contributed by atoms with Crippen LogP contribution in [0.1, 0.15) is 15.9 Å². The van der Waals surface area contributed by atoms with Crippen LogP contribution in [0.2, 0.25) is 5.02 Å². The SMILES string of the molecule is CN1C(=O)[C@@H](Cc2ccc(-c3ccncc3)cc2)NC(=O)c2c(Cl)cccc21. The van der Waals surface area contributed by atoms with E-state index in [-0.39, 0.29) is 11.8 Å². The number of rotatable bonds is 3. The molecule has 0 bridgehead atoms. The fourth-order valence-electron chi connectivity index (χ4n) is 3.41. The summed E-state index contributed by atoms with van der Waals surface area (Å²) in [5.74, 6) is -0.510. The highest BCUT2D eigenvalue weighted by atomic mass is 35.5. The number of hydrogen-bond donors (Lipinski definition) is 1. The first kappa shape index (κ1) is 18.2. The zero-order chi connectivity index (χ0) is 19.7. The van der Waals surface area contributed by atoms with E-state index in [0.717, 1.165) is 16.7 Å². The molecule has 0 unspecified atom stereocenters. The first-order valence-corrected chi connectivity index (χ1v) is 9.28. The monoisotopic (exact) mass is 391 g/mol. The van der Waals surface area contributed by atoms with Crippen LogP contribution < -0.4 is 10.2 Å². The maximum absolute atomic E-state index is 12.9. The normalized spacial score (nSPS) is 16.4. The minimum atomic E-state index is -0.659. The summed E-state index contributed by atoms with van der Waals surface area (Å²) in [6, 6.07) is 16.3. The quantitative estimate of drug-likeness (QED) is 0.740. The van der Waals surface area contributed by atoms with E-state index in [4.69, 9.17) is 11.6 Å². The molecule has 1 atom stereocenters. The third kappa shape index (κ3) is 3.37. The van der Waals surface area contributed by atoms with Gasteiger partial charge < -0.3 is 10.2 Å². The Kier molecular flexibility index (Phi) is 4.84. The number of pyridine rings is 1. The maximum Gasteiger partial charge on any atom is 0.255 e. The van der Waals surface area contributed by atoms with Crippen LogP contribution in [0, 0.1) is 0 Å². The van der Waals surface area contributed by atoms with Crippen LogP contribution in [-0.4, -0.2) is 29.9 Å². The van der Waals surface area contributed by atoms with Gasteiger partial charge in [-0.1, -0.05) is 41.9 Å². The number of aromatic nitrogens is 1. The van der Waals surface area contributed by atoms with Crippen LogP contribution in [0.4, 0.5) is 5.69 Å². The Balaban J connectivity index is 1.58. The second-order valence-corrected chi connectivity index (χ2v) is 7.10. The van der Waals surface area contributed by atoms with E-state index in [2.05, 4.69) is 10.3 Å². The van der Waals surface area contributed by atoms with Gasteiger partial charge >= 0.3 is 0 Å². The molecule has 0 spiro atoms. The molecule has 0 fully saturated rings. The molecule has 5 nitrogen and oxygen atoms in total. The minimum Gasteiger partial charge on any atom is -0.340 e. The lowest BCUT2D eigenvalue weighted by Crippen LogP contribution is -2.45. The summed E-state index contributed by atoms with van der Waals surface area (Å²) in [6.07, 6.45) is 3.90. The van der Waals surface area contributed by atoms with Crippen molar-refractivity contribution in [2.75, 3.05) is 11.9 Å². The van der Waals surface area contributed by atoms with Gasteiger partial charge in [-0.2, -0.15) is 0 Å². The molecule has 2 amide bonds. The van der Waals surface area contributed by atoms with E-state index in [9.17, 15) is 9.59 Å². The highest BCUT2D eigenvalue weighted by Gasteiger charge is 2.33. The number of hydrogen-bond acceptors (Lipinski definition) is 3. The van der Waals surface area contributed by atoms with Crippen molar-refractivity contribution < 1.29 is 9.59 Å². The number of likely N-dealkylation sites (N-methyl/N-ethyl adjacent to an activating group) is 1. The first-order valence-electron chi connectivity index (χ1n) is 8.91. The molecule has 3 aromatic rings. The Morgan fingerprint density at radius 2 is 1.68 bits per heavy atom. The van der Waals surface area contributed by atoms with Crippen molar-refractivity contribution in [3.63, 3.8) is 0 Å². The molecule has 0 saturated carbocycles. The summed E-state index contributed by atoms with van der Waals surface area (Å²) >= 11 is 6.20. The molecular formula is C22H18ClN3O2. The lowest BCUT2D eigenvalue weighted by atomic mass is 10.0. The van der Waals surface area contributed by atoms with Gasteiger partial charge in [0.15, 0.2) is 0 Å². The van der Waals surface area contributed by atoms with Gasteiger partial charge in [0.2, 0.25) is 5.91 Å². The molecule has 0 aliphatic carbocycles. The lowest BCUT2D eigenvalue weighted by Gasteiger charge is -2.21. The molecule has 1 aliphatic rings. The van der Waals surface area contributed by atoms with Gasteiger partial charge in [-0.15, -0.1) is 0 Å². The molecule has 2 aromatic carbocycles. The number of amides is 2. The predicted molar refractivity (Wildman–Crippen MR) is 109 cm³/mol. The van der Waals surface area contributed by atoms with E-state index in [1.165, 1.54) is 4.90 Å². The average Bonchev–Trinajstić information content (AvgIpc) is 2.81. The summed E-state index contributed by atoms with van der Waals surface area (Å²) < 4.78 is 0.